The van der Waals surface area contributed by atoms with E-state index in [4.69, 9.17) is 5.11 Å². The van der Waals surface area contributed by atoms with Crippen molar-refractivity contribution in [3.63, 3.8) is 0 Å². The number of carbonyl (C=O) groups excluding carboxylic acids is 1. The van der Waals surface area contributed by atoms with Crippen LogP contribution in [0.1, 0.15) is 26.4 Å². The van der Waals surface area contributed by atoms with E-state index in [1.54, 1.807) is 36.6 Å². The summed E-state index contributed by atoms with van der Waals surface area (Å²) in [5.74, 6) is -1.64. The number of ketones is 1. The molecule has 0 atom stereocenters. The van der Waals surface area contributed by atoms with Crippen molar-refractivity contribution in [2.75, 3.05) is 6.26 Å². The van der Waals surface area contributed by atoms with Gasteiger partial charge < -0.3 is 5.11 Å². The molecule has 0 aliphatic rings. The molecule has 6 heteroatoms. The Morgan fingerprint density at radius 3 is 2.47 bits per heavy atom. The van der Waals surface area contributed by atoms with Crippen LogP contribution in [0.4, 0.5) is 0 Å². The molecule has 0 saturated carbocycles. The summed E-state index contributed by atoms with van der Waals surface area (Å²) in [5.41, 5.74) is 0.134. The zero-order valence-electron chi connectivity index (χ0n) is 10.0. The summed E-state index contributed by atoms with van der Waals surface area (Å²) in [6, 6.07) is 8.45. The van der Waals surface area contributed by atoms with Crippen molar-refractivity contribution in [3.8, 4) is 0 Å². The molecule has 96 valence electrons. The van der Waals surface area contributed by atoms with E-state index in [1.807, 2.05) is 0 Å². The number of hydrogen-bond donors (Lipinski definition) is 1. The molecule has 0 bridgehead atoms. The number of rotatable bonds is 4. The van der Waals surface area contributed by atoms with Crippen molar-refractivity contribution in [3.05, 3.63) is 53.3 Å². The minimum atomic E-state index is -1.24. The van der Waals surface area contributed by atoms with Crippen molar-refractivity contribution in [1.29, 1.82) is 0 Å². The van der Waals surface area contributed by atoms with E-state index in [0.717, 1.165) is 0 Å². The third-order valence-electron chi connectivity index (χ3n) is 2.43. The molecule has 19 heavy (non-hydrogen) atoms. The lowest BCUT2D eigenvalue weighted by atomic mass is 10.0. The molecule has 0 aliphatic heterocycles. The Morgan fingerprint density at radius 1 is 1.21 bits per heavy atom. The maximum atomic E-state index is 12.2. The molecular formula is C13H10N2O3S. The maximum absolute atomic E-state index is 12.2. The summed E-state index contributed by atoms with van der Waals surface area (Å²) in [6.07, 6.45) is 3.00. The number of benzene rings is 1. The van der Waals surface area contributed by atoms with Crippen molar-refractivity contribution < 1.29 is 14.7 Å². The predicted molar refractivity (Wildman–Crippen MR) is 70.6 cm³/mol. The zero-order valence-corrected chi connectivity index (χ0v) is 10.8. The number of aromatic nitrogens is 2. The molecule has 0 aliphatic carbocycles. The highest BCUT2D eigenvalue weighted by molar-refractivity contribution is 7.98. The van der Waals surface area contributed by atoms with E-state index >= 15 is 0 Å². The van der Waals surface area contributed by atoms with Crippen LogP contribution in [0, 0.1) is 0 Å². The van der Waals surface area contributed by atoms with E-state index in [2.05, 4.69) is 9.97 Å². The van der Waals surface area contributed by atoms with E-state index < -0.39 is 11.8 Å². The molecule has 2 aromatic rings. The monoisotopic (exact) mass is 274 g/mol. The molecule has 0 unspecified atom stereocenters. The molecular weight excluding hydrogens is 264 g/mol. The van der Waals surface area contributed by atoms with Gasteiger partial charge >= 0.3 is 5.97 Å². The molecule has 0 radical (unpaired) electrons. The number of nitrogens with zero attached hydrogens (tertiary/aromatic N) is 2. The third kappa shape index (κ3) is 2.79. The molecule has 1 aromatic carbocycles. The Hall–Kier alpha value is -2.21. The van der Waals surface area contributed by atoms with Crippen LogP contribution in [0.3, 0.4) is 0 Å². The maximum Gasteiger partial charge on any atom is 0.355 e. The van der Waals surface area contributed by atoms with E-state index in [-0.39, 0.29) is 11.3 Å². The molecule has 0 fully saturated rings. The highest BCUT2D eigenvalue weighted by atomic mass is 32.2. The quantitative estimate of drug-likeness (QED) is 0.522. The largest absolute Gasteiger partial charge is 0.476 e. The Bertz CT molecular complexity index is 629. The van der Waals surface area contributed by atoms with Gasteiger partial charge in [-0.25, -0.2) is 14.8 Å². The summed E-state index contributed by atoms with van der Waals surface area (Å²) in [4.78, 5) is 31.2. The summed E-state index contributed by atoms with van der Waals surface area (Å²) in [5, 5.41) is 9.45. The second-order valence-electron chi connectivity index (χ2n) is 3.62. The van der Waals surface area contributed by atoms with Gasteiger partial charge in [0.15, 0.2) is 16.6 Å². The van der Waals surface area contributed by atoms with Crippen molar-refractivity contribution >= 4 is 23.5 Å². The van der Waals surface area contributed by atoms with Crippen LogP contribution in [-0.2, 0) is 0 Å². The first-order valence-electron chi connectivity index (χ1n) is 5.37. The minimum Gasteiger partial charge on any atom is -0.476 e. The molecule has 2 rings (SSSR count). The average molecular weight is 274 g/mol. The van der Waals surface area contributed by atoms with Gasteiger partial charge in [0.05, 0.1) is 5.56 Å². The van der Waals surface area contributed by atoms with Gasteiger partial charge in [0.25, 0.3) is 0 Å². The van der Waals surface area contributed by atoms with Gasteiger partial charge in [-0.1, -0.05) is 42.1 Å². The first-order chi connectivity index (χ1) is 9.13. The van der Waals surface area contributed by atoms with Crippen LogP contribution in [0.25, 0.3) is 0 Å². The lowest BCUT2D eigenvalue weighted by Gasteiger charge is -2.05. The Balaban J connectivity index is 2.50. The Labute approximate surface area is 113 Å². The van der Waals surface area contributed by atoms with Gasteiger partial charge in [-0.2, -0.15) is 0 Å². The predicted octanol–water partition coefficient (Wildman–Crippen LogP) is 2.13. The minimum absolute atomic E-state index is 0.00324. The van der Waals surface area contributed by atoms with Gasteiger partial charge in [0.1, 0.15) is 0 Å². The molecule has 1 aromatic heterocycles. The number of hydrogen-bond acceptors (Lipinski definition) is 5. The molecule has 0 saturated heterocycles. The number of aromatic carboxylic acids is 1. The number of thioether (sulfide) groups is 1. The highest BCUT2D eigenvalue weighted by Gasteiger charge is 2.20. The Morgan fingerprint density at radius 2 is 1.89 bits per heavy atom. The van der Waals surface area contributed by atoms with E-state index in [0.29, 0.717) is 10.7 Å². The number of carbonyl (C=O) groups is 2. The lowest BCUT2D eigenvalue weighted by molar-refractivity contribution is 0.0685. The van der Waals surface area contributed by atoms with Crippen LogP contribution < -0.4 is 0 Å². The number of carboxylic acid groups (broad SMARTS) is 1. The summed E-state index contributed by atoms with van der Waals surface area (Å²) < 4.78 is 0. The second-order valence-corrected chi connectivity index (χ2v) is 4.39. The normalized spacial score (nSPS) is 10.2. The van der Waals surface area contributed by atoms with Crippen LogP contribution >= 0.6 is 11.8 Å². The first-order valence-corrected chi connectivity index (χ1v) is 6.60. The average Bonchev–Trinajstić information content (AvgIpc) is 2.46. The smallest absolute Gasteiger partial charge is 0.355 e. The molecule has 5 nitrogen and oxygen atoms in total. The van der Waals surface area contributed by atoms with Crippen LogP contribution in [0.2, 0.25) is 0 Å². The van der Waals surface area contributed by atoms with Crippen LogP contribution in [0.15, 0.2) is 41.7 Å². The fraction of sp³-hybridized carbons (Fsp3) is 0.0769. The molecule has 1 heterocycles. The standard InChI is InChI=1S/C13H10N2O3S/c1-19-13-14-7-9(10(15-13)12(17)18)11(16)8-5-3-2-4-6-8/h2-7H,1H3,(H,17,18). The molecule has 0 amide bonds. The second kappa shape index (κ2) is 5.62. The van der Waals surface area contributed by atoms with Gasteiger partial charge in [-0.3, -0.25) is 4.79 Å². The van der Waals surface area contributed by atoms with E-state index in [1.165, 1.54) is 18.0 Å². The topological polar surface area (TPSA) is 80.2 Å². The third-order valence-corrected chi connectivity index (χ3v) is 2.99. The van der Waals surface area contributed by atoms with Crippen molar-refractivity contribution in [2.45, 2.75) is 5.16 Å². The number of carboxylic acids is 1. The van der Waals surface area contributed by atoms with Crippen molar-refractivity contribution in [1.82, 2.24) is 9.97 Å². The van der Waals surface area contributed by atoms with Gasteiger partial charge in [0, 0.05) is 11.8 Å². The fourth-order valence-electron chi connectivity index (χ4n) is 1.54. The summed E-state index contributed by atoms with van der Waals surface area (Å²) in [7, 11) is 0. The zero-order chi connectivity index (χ0) is 13.8. The molecule has 0 spiro atoms. The van der Waals surface area contributed by atoms with Crippen LogP contribution in [0.5, 0.6) is 0 Å². The van der Waals surface area contributed by atoms with Gasteiger partial charge in [0.2, 0.25) is 0 Å². The fourth-order valence-corrected chi connectivity index (χ4v) is 1.88. The lowest BCUT2D eigenvalue weighted by Crippen LogP contribution is -2.13. The SMILES string of the molecule is CSc1ncc(C(=O)c2ccccc2)c(C(=O)O)n1. The van der Waals surface area contributed by atoms with Gasteiger partial charge in [-0.05, 0) is 6.26 Å². The first kappa shape index (κ1) is 13.2. The van der Waals surface area contributed by atoms with E-state index in [9.17, 15) is 9.59 Å². The molecule has 1 N–H and O–H groups in total. The summed E-state index contributed by atoms with van der Waals surface area (Å²) in [6.45, 7) is 0. The van der Waals surface area contributed by atoms with Crippen LogP contribution in [-0.4, -0.2) is 33.1 Å². The van der Waals surface area contributed by atoms with Crippen molar-refractivity contribution in [2.24, 2.45) is 0 Å². The Kier molecular flexibility index (Phi) is 3.91. The van der Waals surface area contributed by atoms with Gasteiger partial charge in [-0.15, -0.1) is 0 Å². The highest BCUT2D eigenvalue weighted by Crippen LogP contribution is 2.16. The summed E-state index contributed by atoms with van der Waals surface area (Å²) >= 11 is 1.22.